The van der Waals surface area contributed by atoms with E-state index < -0.39 is 5.97 Å². The van der Waals surface area contributed by atoms with E-state index in [0.29, 0.717) is 25.2 Å². The molecule has 0 fully saturated rings. The Bertz CT molecular complexity index is 437. The Morgan fingerprint density at radius 1 is 1.56 bits per heavy atom. The Kier molecular flexibility index (Phi) is 6.01. The smallest absolute Gasteiger partial charge is 0.304 e. The van der Waals surface area contributed by atoms with Crippen molar-refractivity contribution in [1.82, 2.24) is 4.90 Å². The number of halogens is 2. The molecule has 0 spiro atoms. The third kappa shape index (κ3) is 4.98. The first-order valence-electron chi connectivity index (χ1n) is 5.52. The van der Waals surface area contributed by atoms with Crippen LogP contribution in [0.4, 0.5) is 4.39 Å². The number of hydrogen-bond acceptors (Lipinski definition) is 2. The Labute approximate surface area is 114 Å². The molecule has 0 bridgehead atoms. The van der Waals surface area contributed by atoms with Gasteiger partial charge in [-0.3, -0.25) is 9.69 Å². The van der Waals surface area contributed by atoms with Crippen LogP contribution in [0.1, 0.15) is 12.0 Å². The fraction of sp³-hybridized carbons (Fsp3) is 0.308. The topological polar surface area (TPSA) is 40.5 Å². The molecular formula is C13H15BrFNO2. The van der Waals surface area contributed by atoms with Gasteiger partial charge in [-0.25, -0.2) is 4.39 Å². The molecule has 1 N–H and O–H groups in total. The van der Waals surface area contributed by atoms with E-state index in [2.05, 4.69) is 22.5 Å². The second kappa shape index (κ2) is 7.28. The molecule has 0 radical (unpaired) electrons. The molecule has 0 aliphatic rings. The quantitative estimate of drug-likeness (QED) is 0.786. The van der Waals surface area contributed by atoms with E-state index in [-0.39, 0.29) is 12.2 Å². The average Bonchev–Trinajstić information content (AvgIpc) is 2.31. The highest BCUT2D eigenvalue weighted by atomic mass is 79.9. The highest BCUT2D eigenvalue weighted by molar-refractivity contribution is 9.10. The predicted molar refractivity (Wildman–Crippen MR) is 71.8 cm³/mol. The van der Waals surface area contributed by atoms with E-state index >= 15 is 0 Å². The zero-order valence-corrected chi connectivity index (χ0v) is 11.5. The molecule has 0 unspecified atom stereocenters. The molecule has 0 amide bonds. The van der Waals surface area contributed by atoms with Crippen LogP contribution in [0.15, 0.2) is 35.3 Å². The van der Waals surface area contributed by atoms with Crippen LogP contribution in [-0.4, -0.2) is 29.1 Å². The van der Waals surface area contributed by atoms with E-state index in [1.807, 2.05) is 4.90 Å². The van der Waals surface area contributed by atoms with Crippen molar-refractivity contribution in [2.75, 3.05) is 13.1 Å². The summed E-state index contributed by atoms with van der Waals surface area (Å²) < 4.78 is 14.4. The van der Waals surface area contributed by atoms with Crippen molar-refractivity contribution in [3.8, 4) is 0 Å². The van der Waals surface area contributed by atoms with Crippen molar-refractivity contribution in [2.24, 2.45) is 0 Å². The van der Waals surface area contributed by atoms with Crippen LogP contribution in [0, 0.1) is 5.82 Å². The number of aliphatic carboxylic acids is 1. The summed E-state index contributed by atoms with van der Waals surface area (Å²) in [6.45, 7) is 4.88. The van der Waals surface area contributed by atoms with E-state index in [1.54, 1.807) is 18.2 Å². The van der Waals surface area contributed by atoms with Crippen LogP contribution in [0.2, 0.25) is 0 Å². The SMILES string of the molecule is C=CCN(CCC(=O)O)Cc1cc(Br)ccc1F. The first kappa shape index (κ1) is 14.9. The van der Waals surface area contributed by atoms with Gasteiger partial charge in [-0.15, -0.1) is 6.58 Å². The van der Waals surface area contributed by atoms with Crippen molar-refractivity contribution in [3.63, 3.8) is 0 Å². The van der Waals surface area contributed by atoms with Gasteiger partial charge in [-0.1, -0.05) is 22.0 Å². The summed E-state index contributed by atoms with van der Waals surface area (Å²) in [7, 11) is 0. The highest BCUT2D eigenvalue weighted by Crippen LogP contribution is 2.17. The molecule has 98 valence electrons. The van der Waals surface area contributed by atoms with Crippen LogP contribution in [0.25, 0.3) is 0 Å². The molecule has 18 heavy (non-hydrogen) atoms. The normalized spacial score (nSPS) is 10.6. The summed E-state index contributed by atoms with van der Waals surface area (Å²) in [5, 5.41) is 8.66. The summed E-state index contributed by atoms with van der Waals surface area (Å²) in [5.41, 5.74) is 0.539. The molecule has 0 aliphatic heterocycles. The number of rotatable bonds is 7. The van der Waals surface area contributed by atoms with Crippen molar-refractivity contribution < 1.29 is 14.3 Å². The van der Waals surface area contributed by atoms with E-state index in [4.69, 9.17) is 5.11 Å². The molecule has 1 rings (SSSR count). The lowest BCUT2D eigenvalue weighted by Gasteiger charge is -2.20. The molecule has 0 saturated carbocycles. The van der Waals surface area contributed by atoms with Crippen molar-refractivity contribution in [3.05, 3.63) is 46.7 Å². The average molecular weight is 316 g/mol. The van der Waals surface area contributed by atoms with Crippen molar-refractivity contribution in [1.29, 1.82) is 0 Å². The molecule has 1 aromatic carbocycles. The lowest BCUT2D eigenvalue weighted by molar-refractivity contribution is -0.137. The molecule has 1 aromatic rings. The summed E-state index contributed by atoms with van der Waals surface area (Å²) in [6, 6.07) is 4.73. The maximum atomic E-state index is 13.6. The highest BCUT2D eigenvalue weighted by Gasteiger charge is 2.10. The van der Waals surface area contributed by atoms with Gasteiger partial charge in [0.25, 0.3) is 0 Å². The zero-order valence-electron chi connectivity index (χ0n) is 9.90. The molecule has 0 saturated heterocycles. The lowest BCUT2D eigenvalue weighted by atomic mass is 10.2. The number of benzene rings is 1. The van der Waals surface area contributed by atoms with Gasteiger partial charge >= 0.3 is 5.97 Å². The van der Waals surface area contributed by atoms with Crippen LogP contribution < -0.4 is 0 Å². The van der Waals surface area contributed by atoms with E-state index in [1.165, 1.54) is 6.07 Å². The fourth-order valence-corrected chi connectivity index (χ4v) is 1.99. The third-order valence-corrected chi connectivity index (χ3v) is 2.92. The van der Waals surface area contributed by atoms with E-state index in [9.17, 15) is 9.18 Å². The maximum Gasteiger partial charge on any atom is 0.304 e. The maximum absolute atomic E-state index is 13.6. The summed E-state index contributed by atoms with van der Waals surface area (Å²) in [5.74, 6) is -1.15. The minimum atomic E-state index is -0.862. The first-order chi connectivity index (χ1) is 8.52. The van der Waals surface area contributed by atoms with Crippen molar-refractivity contribution >= 4 is 21.9 Å². The molecule has 3 nitrogen and oxygen atoms in total. The van der Waals surface area contributed by atoms with Gasteiger partial charge in [0.2, 0.25) is 0 Å². The molecule has 0 heterocycles. The first-order valence-corrected chi connectivity index (χ1v) is 6.31. The predicted octanol–water partition coefficient (Wildman–Crippen LogP) is 3.05. The molecule has 0 aliphatic carbocycles. The molecule has 0 aromatic heterocycles. The Morgan fingerprint density at radius 3 is 2.89 bits per heavy atom. The van der Waals surface area contributed by atoms with Gasteiger partial charge in [-0.05, 0) is 18.2 Å². The molecule has 5 heteroatoms. The Hall–Kier alpha value is -1.20. The van der Waals surface area contributed by atoms with Gasteiger partial charge in [0.05, 0.1) is 6.42 Å². The van der Waals surface area contributed by atoms with Crippen LogP contribution >= 0.6 is 15.9 Å². The van der Waals surface area contributed by atoms with E-state index in [0.717, 1.165) is 4.47 Å². The molecule has 0 atom stereocenters. The Balaban J connectivity index is 2.72. The van der Waals surface area contributed by atoms with Gasteiger partial charge in [0, 0.05) is 29.7 Å². The second-order valence-corrected chi connectivity index (χ2v) is 4.82. The van der Waals surface area contributed by atoms with Crippen LogP contribution in [0.5, 0.6) is 0 Å². The largest absolute Gasteiger partial charge is 0.481 e. The second-order valence-electron chi connectivity index (χ2n) is 3.90. The zero-order chi connectivity index (χ0) is 13.5. The van der Waals surface area contributed by atoms with Gasteiger partial charge in [-0.2, -0.15) is 0 Å². The van der Waals surface area contributed by atoms with Gasteiger partial charge in [0.15, 0.2) is 0 Å². The number of carboxylic acid groups (broad SMARTS) is 1. The fourth-order valence-electron chi connectivity index (χ4n) is 1.58. The summed E-state index contributed by atoms with van der Waals surface area (Å²) in [6.07, 6.45) is 1.71. The van der Waals surface area contributed by atoms with Crippen LogP contribution in [0.3, 0.4) is 0 Å². The van der Waals surface area contributed by atoms with Gasteiger partial charge < -0.3 is 5.11 Å². The minimum Gasteiger partial charge on any atom is -0.481 e. The monoisotopic (exact) mass is 315 g/mol. The minimum absolute atomic E-state index is 0.0312. The van der Waals surface area contributed by atoms with Crippen molar-refractivity contribution in [2.45, 2.75) is 13.0 Å². The molecular weight excluding hydrogens is 301 g/mol. The number of carbonyl (C=O) groups is 1. The Morgan fingerprint density at radius 2 is 2.28 bits per heavy atom. The third-order valence-electron chi connectivity index (χ3n) is 2.43. The standard InChI is InChI=1S/C13H15BrFNO2/c1-2-6-16(7-5-13(17)18)9-10-8-11(14)3-4-12(10)15/h2-4,8H,1,5-7,9H2,(H,17,18). The summed E-state index contributed by atoms with van der Waals surface area (Å²) >= 11 is 3.29. The lowest BCUT2D eigenvalue weighted by Crippen LogP contribution is -2.26. The number of nitrogens with zero attached hydrogens (tertiary/aromatic N) is 1. The van der Waals surface area contributed by atoms with Gasteiger partial charge in [0.1, 0.15) is 5.82 Å². The number of carboxylic acids is 1. The van der Waals surface area contributed by atoms with Crippen LogP contribution in [-0.2, 0) is 11.3 Å². The number of hydrogen-bond donors (Lipinski definition) is 1. The summed E-state index contributed by atoms with van der Waals surface area (Å²) in [4.78, 5) is 12.4.